The molecule has 0 radical (unpaired) electrons. The lowest BCUT2D eigenvalue weighted by Crippen LogP contribution is -2.15. The maximum atomic E-state index is 2.37. The van der Waals surface area contributed by atoms with Crippen molar-refractivity contribution in [1.82, 2.24) is 4.57 Å². The Morgan fingerprint density at radius 2 is 1.20 bits per heavy atom. The number of anilines is 2. The first-order chi connectivity index (χ1) is 24.8. The molecule has 7 aromatic rings. The number of nitrogens with zero attached hydrogens (tertiary/aromatic N) is 2. The topological polar surface area (TPSA) is 8.17 Å². The van der Waals surface area contributed by atoms with Crippen LogP contribution in [0.4, 0.5) is 11.4 Å². The van der Waals surface area contributed by atoms with E-state index in [0.717, 1.165) is 36.3 Å². The summed E-state index contributed by atoms with van der Waals surface area (Å²) < 4.78 is 2.37. The van der Waals surface area contributed by atoms with E-state index >= 15 is 0 Å². The average Bonchev–Trinajstić information content (AvgIpc) is 3.53. The van der Waals surface area contributed by atoms with Crippen molar-refractivity contribution in [3.8, 4) is 27.9 Å². The summed E-state index contributed by atoms with van der Waals surface area (Å²) in [5, 5.41) is 2.52. The second kappa shape index (κ2) is 14.2. The summed E-state index contributed by atoms with van der Waals surface area (Å²) >= 11 is 0. The van der Waals surface area contributed by atoms with Gasteiger partial charge in [-0.15, -0.1) is 0 Å². The lowest BCUT2D eigenvalue weighted by molar-refractivity contribution is 1.00. The Hall–Kier alpha value is -6.12. The van der Waals surface area contributed by atoms with Crippen molar-refractivity contribution in [2.75, 3.05) is 4.90 Å². The van der Waals surface area contributed by atoms with Crippen molar-refractivity contribution in [1.29, 1.82) is 0 Å². The second-order valence-corrected chi connectivity index (χ2v) is 12.8. The molecule has 0 N–H and O–H groups in total. The maximum absolute atomic E-state index is 2.37. The van der Waals surface area contributed by atoms with Crippen molar-refractivity contribution < 1.29 is 0 Å². The van der Waals surface area contributed by atoms with Gasteiger partial charge in [-0.25, -0.2) is 0 Å². The lowest BCUT2D eigenvalue weighted by Gasteiger charge is -2.27. The molecule has 2 heteroatoms. The van der Waals surface area contributed by atoms with E-state index in [1.54, 1.807) is 0 Å². The zero-order valence-corrected chi connectivity index (χ0v) is 28.4. The van der Waals surface area contributed by atoms with Gasteiger partial charge in [-0.2, -0.15) is 0 Å². The van der Waals surface area contributed by atoms with Gasteiger partial charge in [0.25, 0.3) is 0 Å². The van der Waals surface area contributed by atoms with E-state index in [9.17, 15) is 0 Å². The quantitative estimate of drug-likeness (QED) is 0.142. The van der Waals surface area contributed by atoms with Gasteiger partial charge >= 0.3 is 0 Å². The summed E-state index contributed by atoms with van der Waals surface area (Å²) in [5.74, 6) is 0. The molecule has 0 fully saturated rings. The predicted octanol–water partition coefficient (Wildman–Crippen LogP) is 13.4. The van der Waals surface area contributed by atoms with E-state index < -0.39 is 0 Å². The highest BCUT2D eigenvalue weighted by Crippen LogP contribution is 2.37. The van der Waals surface area contributed by atoms with Crippen LogP contribution in [0.15, 0.2) is 199 Å². The zero-order chi connectivity index (χ0) is 33.7. The van der Waals surface area contributed by atoms with Gasteiger partial charge in [0.2, 0.25) is 0 Å². The molecule has 50 heavy (non-hydrogen) atoms. The van der Waals surface area contributed by atoms with Crippen LogP contribution in [-0.4, -0.2) is 4.57 Å². The van der Waals surface area contributed by atoms with Crippen molar-refractivity contribution in [3.05, 3.63) is 199 Å². The summed E-state index contributed by atoms with van der Waals surface area (Å²) in [6.07, 6.45) is 16.9. The molecule has 242 valence electrons. The Bertz CT molecular complexity index is 2370. The van der Waals surface area contributed by atoms with Crippen LogP contribution < -0.4 is 4.90 Å². The van der Waals surface area contributed by atoms with Crippen LogP contribution in [0.2, 0.25) is 0 Å². The third-order valence-electron chi connectivity index (χ3n) is 9.65. The highest BCUT2D eigenvalue weighted by Gasteiger charge is 2.16. The van der Waals surface area contributed by atoms with Gasteiger partial charge in [0.15, 0.2) is 0 Å². The first-order valence-electron chi connectivity index (χ1n) is 17.6. The normalized spacial score (nSPS) is 13.3. The zero-order valence-electron chi connectivity index (χ0n) is 28.4. The van der Waals surface area contributed by atoms with Crippen LogP contribution in [0.5, 0.6) is 0 Å². The number of hydrogen-bond donors (Lipinski definition) is 0. The molecule has 1 aliphatic carbocycles. The summed E-state index contributed by atoms with van der Waals surface area (Å²) in [6, 6.07) is 54.7. The molecular formula is C48H40N2. The molecule has 0 aliphatic heterocycles. The van der Waals surface area contributed by atoms with Crippen LogP contribution in [0.25, 0.3) is 49.7 Å². The molecule has 6 aromatic carbocycles. The molecule has 1 aliphatic rings. The van der Waals surface area contributed by atoms with Crippen molar-refractivity contribution >= 4 is 33.2 Å². The van der Waals surface area contributed by atoms with E-state index in [-0.39, 0.29) is 0 Å². The van der Waals surface area contributed by atoms with Gasteiger partial charge < -0.3 is 9.47 Å². The molecule has 0 saturated carbocycles. The fourth-order valence-electron chi connectivity index (χ4n) is 7.13. The smallest absolute Gasteiger partial charge is 0.0541 e. The van der Waals surface area contributed by atoms with Gasteiger partial charge in [0.05, 0.1) is 11.0 Å². The molecule has 0 atom stereocenters. The number of hydrogen-bond acceptors (Lipinski definition) is 1. The van der Waals surface area contributed by atoms with E-state index in [1.165, 1.54) is 55.3 Å². The van der Waals surface area contributed by atoms with Crippen LogP contribution in [0.3, 0.4) is 0 Å². The number of rotatable bonds is 9. The molecule has 0 unspecified atom stereocenters. The van der Waals surface area contributed by atoms with E-state index in [1.807, 2.05) is 0 Å². The SMILES string of the molecule is C/C=C(\C=C/CC1=CCCC=C1)N(c1ccc(-c2ccccc2)cc1)c1ccc(-c2ccc3c(c2)c2ccccc2n3-c2ccccc2)cc1. The summed E-state index contributed by atoms with van der Waals surface area (Å²) in [5.41, 5.74) is 13.2. The number of benzene rings is 6. The van der Waals surface area contributed by atoms with Crippen molar-refractivity contribution in [2.24, 2.45) is 0 Å². The maximum Gasteiger partial charge on any atom is 0.0541 e. The lowest BCUT2D eigenvalue weighted by atomic mass is 10.0. The Labute approximate surface area is 295 Å². The van der Waals surface area contributed by atoms with Crippen molar-refractivity contribution in [3.63, 3.8) is 0 Å². The first kappa shape index (κ1) is 31.2. The van der Waals surface area contributed by atoms with Gasteiger partial charge in [-0.1, -0.05) is 127 Å². The van der Waals surface area contributed by atoms with Crippen LogP contribution >= 0.6 is 0 Å². The minimum atomic E-state index is 0.927. The highest BCUT2D eigenvalue weighted by atomic mass is 15.1. The largest absolute Gasteiger partial charge is 0.311 e. The fraction of sp³-hybridized carbons (Fsp3) is 0.0833. The number of fused-ring (bicyclic) bond motifs is 3. The Balaban J connectivity index is 1.15. The van der Waals surface area contributed by atoms with Crippen LogP contribution in [0.1, 0.15) is 26.2 Å². The van der Waals surface area contributed by atoms with E-state index in [2.05, 4.69) is 205 Å². The minimum absolute atomic E-state index is 0.927. The molecular weight excluding hydrogens is 605 g/mol. The molecule has 1 heterocycles. The predicted molar refractivity (Wildman–Crippen MR) is 214 cm³/mol. The summed E-state index contributed by atoms with van der Waals surface area (Å²) in [7, 11) is 0. The Morgan fingerprint density at radius 3 is 1.88 bits per heavy atom. The third kappa shape index (κ3) is 6.24. The fourth-order valence-corrected chi connectivity index (χ4v) is 7.13. The second-order valence-electron chi connectivity index (χ2n) is 12.8. The van der Waals surface area contributed by atoms with Crippen LogP contribution in [-0.2, 0) is 0 Å². The molecule has 0 spiro atoms. The van der Waals surface area contributed by atoms with E-state index in [4.69, 9.17) is 0 Å². The Kier molecular flexibility index (Phi) is 8.83. The van der Waals surface area contributed by atoms with E-state index in [0.29, 0.717) is 0 Å². The van der Waals surface area contributed by atoms with Gasteiger partial charge in [-0.3, -0.25) is 0 Å². The highest BCUT2D eigenvalue weighted by molar-refractivity contribution is 6.10. The molecule has 0 amide bonds. The molecule has 0 bridgehead atoms. The average molecular weight is 645 g/mol. The summed E-state index contributed by atoms with van der Waals surface area (Å²) in [6.45, 7) is 2.13. The van der Waals surface area contributed by atoms with Gasteiger partial charge in [-0.05, 0) is 115 Å². The molecule has 1 aromatic heterocycles. The van der Waals surface area contributed by atoms with Gasteiger partial charge in [0.1, 0.15) is 0 Å². The standard InChI is InChI=1S/C48H40N2/c1-2-41(22-14-17-36-15-6-3-7-16-36)49(43-30-25-38(26-31-43)37-18-8-4-9-19-37)44-32-27-39(28-33-44)40-29-34-48-46(35-40)45-23-12-13-24-47(45)50(48)42-20-10-5-11-21-42/h2,4-6,8-16,18-35H,3,7,17H2,1H3/b22-14-,41-2+. The third-order valence-corrected chi connectivity index (χ3v) is 9.65. The number of allylic oxidation sites excluding steroid dienone is 7. The molecule has 0 saturated heterocycles. The minimum Gasteiger partial charge on any atom is -0.311 e. The molecule has 2 nitrogen and oxygen atoms in total. The summed E-state index contributed by atoms with van der Waals surface area (Å²) in [4.78, 5) is 2.36. The Morgan fingerprint density at radius 1 is 0.600 bits per heavy atom. The van der Waals surface area contributed by atoms with Crippen molar-refractivity contribution in [2.45, 2.75) is 26.2 Å². The monoisotopic (exact) mass is 644 g/mol. The first-order valence-corrected chi connectivity index (χ1v) is 17.6. The molecule has 8 rings (SSSR count). The van der Waals surface area contributed by atoms with Gasteiger partial charge in [0, 0.05) is 33.5 Å². The number of aromatic nitrogens is 1. The van der Waals surface area contributed by atoms with Crippen LogP contribution in [0, 0.1) is 0 Å². The number of para-hydroxylation sites is 2.